The summed E-state index contributed by atoms with van der Waals surface area (Å²) in [7, 11) is 0. The molecule has 30 heavy (non-hydrogen) atoms. The Morgan fingerprint density at radius 1 is 1.03 bits per heavy atom. The molecule has 152 valence electrons. The van der Waals surface area contributed by atoms with Crippen LogP contribution < -0.4 is 16.7 Å². The third-order valence-corrected chi connectivity index (χ3v) is 6.28. The lowest BCUT2D eigenvalue weighted by molar-refractivity contribution is 0.814. The van der Waals surface area contributed by atoms with E-state index in [4.69, 9.17) is 29.0 Å². The number of nitrogen functional groups attached to an aromatic ring is 1. The standard InChI is InChI=1S/C21H14Br2Cl2N4O/c22-12-9-13-19(14(23)10-12)28-18(29(26)21(13)30)8-11-4-1-2-7-17(11)27-20-15(24)5-3-6-16(20)25/h1-7,9-10,27H,8,26H2. The van der Waals surface area contributed by atoms with Gasteiger partial charge < -0.3 is 11.2 Å². The van der Waals surface area contributed by atoms with Crippen LogP contribution in [0.5, 0.6) is 0 Å². The Hall–Kier alpha value is -2.06. The van der Waals surface area contributed by atoms with E-state index < -0.39 is 0 Å². The quantitative estimate of drug-likeness (QED) is 0.284. The molecule has 5 nitrogen and oxygen atoms in total. The summed E-state index contributed by atoms with van der Waals surface area (Å²) < 4.78 is 2.56. The molecule has 0 saturated heterocycles. The number of para-hydroxylation sites is 2. The predicted octanol–water partition coefficient (Wildman–Crippen LogP) is 6.28. The number of hydrogen-bond acceptors (Lipinski definition) is 4. The molecule has 1 heterocycles. The number of rotatable bonds is 4. The summed E-state index contributed by atoms with van der Waals surface area (Å²) >= 11 is 19.5. The van der Waals surface area contributed by atoms with Gasteiger partial charge in [0.25, 0.3) is 5.56 Å². The van der Waals surface area contributed by atoms with E-state index in [1.165, 1.54) is 0 Å². The van der Waals surface area contributed by atoms with Crippen molar-refractivity contribution in [1.82, 2.24) is 9.66 Å². The first-order chi connectivity index (χ1) is 14.3. The van der Waals surface area contributed by atoms with Crippen LogP contribution in [-0.4, -0.2) is 9.66 Å². The van der Waals surface area contributed by atoms with Gasteiger partial charge in [-0.25, -0.2) is 9.66 Å². The van der Waals surface area contributed by atoms with Gasteiger partial charge in [-0.05, 0) is 51.8 Å². The average Bonchev–Trinajstić information content (AvgIpc) is 2.71. The molecule has 0 aliphatic heterocycles. The van der Waals surface area contributed by atoms with Gasteiger partial charge in [0.15, 0.2) is 0 Å². The van der Waals surface area contributed by atoms with E-state index in [9.17, 15) is 4.79 Å². The SMILES string of the molecule is Nn1c(Cc2ccccc2Nc2c(Cl)cccc2Cl)nc2c(Br)cc(Br)cc2c1=O. The van der Waals surface area contributed by atoms with Gasteiger partial charge in [-0.2, -0.15) is 0 Å². The van der Waals surface area contributed by atoms with Crippen LogP contribution in [0.3, 0.4) is 0 Å². The van der Waals surface area contributed by atoms with Crippen LogP contribution in [0.2, 0.25) is 10.0 Å². The molecular formula is C21H14Br2Cl2N4O. The first-order valence-corrected chi connectivity index (χ1v) is 11.1. The van der Waals surface area contributed by atoms with E-state index in [0.717, 1.165) is 20.4 Å². The fraction of sp³-hybridized carbons (Fsp3) is 0.0476. The first kappa shape index (κ1) is 21.2. The third-order valence-electron chi connectivity index (χ3n) is 4.58. The van der Waals surface area contributed by atoms with Crippen LogP contribution >= 0.6 is 55.1 Å². The van der Waals surface area contributed by atoms with Crippen LogP contribution in [-0.2, 0) is 6.42 Å². The van der Waals surface area contributed by atoms with Crippen molar-refractivity contribution in [3.8, 4) is 0 Å². The van der Waals surface area contributed by atoms with Crippen LogP contribution in [0, 0.1) is 0 Å². The van der Waals surface area contributed by atoms with Crippen molar-refractivity contribution in [2.45, 2.75) is 6.42 Å². The highest BCUT2D eigenvalue weighted by molar-refractivity contribution is 9.11. The Labute approximate surface area is 199 Å². The normalized spacial score (nSPS) is 11.1. The number of hydrogen-bond donors (Lipinski definition) is 2. The van der Waals surface area contributed by atoms with E-state index in [2.05, 4.69) is 42.2 Å². The molecule has 4 aromatic rings. The smallest absolute Gasteiger partial charge is 0.279 e. The van der Waals surface area contributed by atoms with Gasteiger partial charge in [-0.3, -0.25) is 4.79 Å². The average molecular weight is 569 g/mol. The molecule has 0 radical (unpaired) electrons. The Balaban J connectivity index is 1.78. The van der Waals surface area contributed by atoms with Crippen molar-refractivity contribution in [2.24, 2.45) is 0 Å². The van der Waals surface area contributed by atoms with Crippen molar-refractivity contribution >= 4 is 77.3 Å². The number of fused-ring (bicyclic) bond motifs is 1. The number of benzene rings is 3. The second-order valence-corrected chi connectivity index (χ2v) is 9.13. The summed E-state index contributed by atoms with van der Waals surface area (Å²) in [5, 5.41) is 4.72. The Bertz CT molecular complexity index is 1320. The van der Waals surface area contributed by atoms with Crippen molar-refractivity contribution in [1.29, 1.82) is 0 Å². The van der Waals surface area contributed by atoms with Crippen LogP contribution in [0.1, 0.15) is 11.4 Å². The molecule has 0 bridgehead atoms. The maximum Gasteiger partial charge on any atom is 0.279 e. The molecule has 0 atom stereocenters. The van der Waals surface area contributed by atoms with Crippen LogP contribution in [0.25, 0.3) is 10.9 Å². The van der Waals surface area contributed by atoms with E-state index in [1.807, 2.05) is 30.3 Å². The zero-order chi connectivity index (χ0) is 21.4. The summed E-state index contributed by atoms with van der Waals surface area (Å²) in [5.41, 5.74) is 2.51. The lowest BCUT2D eigenvalue weighted by atomic mass is 10.1. The molecule has 0 amide bonds. The second kappa shape index (κ2) is 8.59. The minimum atomic E-state index is -0.323. The number of nitrogens with zero attached hydrogens (tertiary/aromatic N) is 2. The topological polar surface area (TPSA) is 72.9 Å². The molecule has 0 aliphatic carbocycles. The summed E-state index contributed by atoms with van der Waals surface area (Å²) in [5.74, 6) is 6.52. The van der Waals surface area contributed by atoms with E-state index in [0.29, 0.717) is 43.4 Å². The Kier molecular flexibility index (Phi) is 6.06. The zero-order valence-corrected chi connectivity index (χ0v) is 20.0. The monoisotopic (exact) mass is 566 g/mol. The van der Waals surface area contributed by atoms with Gasteiger partial charge in [0.05, 0.1) is 26.6 Å². The molecule has 9 heteroatoms. The summed E-state index contributed by atoms with van der Waals surface area (Å²) in [4.78, 5) is 17.5. The predicted molar refractivity (Wildman–Crippen MR) is 131 cm³/mol. The molecule has 0 saturated carbocycles. The molecule has 1 aromatic heterocycles. The number of aromatic nitrogens is 2. The van der Waals surface area contributed by atoms with Crippen molar-refractivity contribution < 1.29 is 0 Å². The Morgan fingerprint density at radius 2 is 1.73 bits per heavy atom. The van der Waals surface area contributed by atoms with E-state index in [-0.39, 0.29) is 5.56 Å². The third kappa shape index (κ3) is 4.07. The largest absolute Gasteiger partial charge is 0.353 e. The molecule has 3 aromatic carbocycles. The molecule has 3 N–H and O–H groups in total. The summed E-state index contributed by atoms with van der Waals surface area (Å²) in [6.07, 6.45) is 0.329. The van der Waals surface area contributed by atoms with Crippen LogP contribution in [0.15, 0.2) is 68.3 Å². The van der Waals surface area contributed by atoms with Crippen molar-refractivity contribution in [2.75, 3.05) is 11.2 Å². The maximum absolute atomic E-state index is 12.8. The van der Waals surface area contributed by atoms with Gasteiger partial charge in [0.2, 0.25) is 0 Å². The minimum Gasteiger partial charge on any atom is -0.353 e. The number of anilines is 2. The molecular weight excluding hydrogens is 555 g/mol. The highest BCUT2D eigenvalue weighted by Crippen LogP contribution is 2.34. The van der Waals surface area contributed by atoms with Crippen molar-refractivity contribution in [3.63, 3.8) is 0 Å². The van der Waals surface area contributed by atoms with Gasteiger partial charge >= 0.3 is 0 Å². The van der Waals surface area contributed by atoms with Gasteiger partial charge in [0.1, 0.15) is 5.82 Å². The lowest BCUT2D eigenvalue weighted by Gasteiger charge is -2.15. The first-order valence-electron chi connectivity index (χ1n) is 8.80. The summed E-state index contributed by atoms with van der Waals surface area (Å²) in [6, 6.07) is 16.5. The number of nitrogens with two attached hydrogens (primary N) is 1. The highest BCUT2D eigenvalue weighted by Gasteiger charge is 2.15. The summed E-state index contributed by atoms with van der Waals surface area (Å²) in [6.45, 7) is 0. The fourth-order valence-corrected chi connectivity index (χ4v) is 4.92. The van der Waals surface area contributed by atoms with E-state index in [1.54, 1.807) is 24.3 Å². The van der Waals surface area contributed by atoms with Crippen molar-refractivity contribution in [3.05, 3.63) is 95.3 Å². The van der Waals surface area contributed by atoms with Crippen LogP contribution in [0.4, 0.5) is 11.4 Å². The van der Waals surface area contributed by atoms with Gasteiger partial charge in [-0.1, -0.05) is 63.4 Å². The lowest BCUT2D eigenvalue weighted by Crippen LogP contribution is -2.32. The molecule has 0 fully saturated rings. The zero-order valence-electron chi connectivity index (χ0n) is 15.3. The minimum absolute atomic E-state index is 0.323. The Morgan fingerprint density at radius 3 is 2.47 bits per heavy atom. The number of halogens is 4. The maximum atomic E-state index is 12.8. The highest BCUT2D eigenvalue weighted by atomic mass is 79.9. The fourth-order valence-electron chi connectivity index (χ4n) is 3.12. The number of nitrogens with one attached hydrogen (secondary N) is 1. The molecule has 0 unspecified atom stereocenters. The molecule has 0 spiro atoms. The van der Waals surface area contributed by atoms with E-state index >= 15 is 0 Å². The second-order valence-electron chi connectivity index (χ2n) is 6.54. The molecule has 0 aliphatic rings. The van der Waals surface area contributed by atoms with Gasteiger partial charge in [-0.15, -0.1) is 0 Å². The molecule has 4 rings (SSSR count). The van der Waals surface area contributed by atoms with Gasteiger partial charge in [0, 0.05) is 21.1 Å².